The van der Waals surface area contributed by atoms with Gasteiger partial charge in [0.1, 0.15) is 5.76 Å². The quantitative estimate of drug-likeness (QED) is 0.755. The molecule has 0 bridgehead atoms. The summed E-state index contributed by atoms with van der Waals surface area (Å²) in [4.78, 5) is 12.2. The number of aryl methyl sites for hydroxylation is 1. The molecule has 1 amide bonds. The van der Waals surface area contributed by atoms with E-state index in [1.54, 1.807) is 13.0 Å². The van der Waals surface area contributed by atoms with Crippen molar-refractivity contribution in [3.63, 3.8) is 0 Å². The van der Waals surface area contributed by atoms with Crippen molar-refractivity contribution in [3.8, 4) is 0 Å². The molecule has 1 aromatic heterocycles. The second kappa shape index (κ2) is 7.38. The summed E-state index contributed by atoms with van der Waals surface area (Å²) in [5.41, 5.74) is 0.226. The zero-order valence-electron chi connectivity index (χ0n) is 13.0. The number of nitrogens with zero attached hydrogens (tertiary/aromatic N) is 1. The number of unbranched alkanes of at least 4 members (excludes halogenated alkanes) is 1. The Balaban J connectivity index is 2.14. The average Bonchev–Trinajstić information content (AvgIpc) is 2.92. The third-order valence-electron chi connectivity index (χ3n) is 3.10. The lowest BCUT2D eigenvalue weighted by atomic mass is 10.2. The predicted octanol–water partition coefficient (Wildman–Crippen LogP) is 2.31. The fourth-order valence-electron chi connectivity index (χ4n) is 1.88. The van der Waals surface area contributed by atoms with Crippen LogP contribution in [0.2, 0.25) is 0 Å². The summed E-state index contributed by atoms with van der Waals surface area (Å²) in [6.07, 6.45) is 1.65. The molecule has 0 aliphatic carbocycles. The number of benzene rings is 1. The standard InChI is InChI=1S/C15H19N3O4S/c1-3-4-8-16-23(20,21)13-7-5-6-12(10-13)15(19)17-14-9-11(2)22-18-14/h5-7,9-10,16H,3-4,8H2,1-2H3,(H,17,18,19). The highest BCUT2D eigenvalue weighted by molar-refractivity contribution is 7.89. The monoisotopic (exact) mass is 337 g/mol. The summed E-state index contributed by atoms with van der Waals surface area (Å²) in [5, 5.41) is 6.22. The van der Waals surface area contributed by atoms with Crippen LogP contribution in [0.3, 0.4) is 0 Å². The highest BCUT2D eigenvalue weighted by atomic mass is 32.2. The van der Waals surface area contributed by atoms with E-state index in [1.165, 1.54) is 24.3 Å². The molecule has 0 unspecified atom stereocenters. The maximum absolute atomic E-state index is 12.2. The molecular formula is C15H19N3O4S. The van der Waals surface area contributed by atoms with Crippen LogP contribution in [0.25, 0.3) is 0 Å². The lowest BCUT2D eigenvalue weighted by molar-refractivity contribution is 0.102. The van der Waals surface area contributed by atoms with Crippen LogP contribution in [0.1, 0.15) is 35.9 Å². The number of sulfonamides is 1. The Morgan fingerprint density at radius 3 is 2.74 bits per heavy atom. The van der Waals surface area contributed by atoms with Crippen molar-refractivity contribution < 1.29 is 17.7 Å². The van der Waals surface area contributed by atoms with E-state index in [-0.39, 0.29) is 16.3 Å². The zero-order valence-corrected chi connectivity index (χ0v) is 13.8. The van der Waals surface area contributed by atoms with Gasteiger partial charge in [0.15, 0.2) is 5.82 Å². The number of anilines is 1. The van der Waals surface area contributed by atoms with Crippen LogP contribution in [-0.4, -0.2) is 26.0 Å². The Kier molecular flexibility index (Phi) is 5.51. The minimum Gasteiger partial charge on any atom is -0.360 e. The number of carbonyl (C=O) groups is 1. The van der Waals surface area contributed by atoms with Crippen molar-refractivity contribution in [1.82, 2.24) is 9.88 Å². The molecule has 23 heavy (non-hydrogen) atoms. The molecule has 1 aromatic carbocycles. The molecule has 0 atom stereocenters. The van der Waals surface area contributed by atoms with Crippen molar-refractivity contribution in [3.05, 3.63) is 41.7 Å². The van der Waals surface area contributed by atoms with Gasteiger partial charge in [0.25, 0.3) is 5.91 Å². The number of nitrogens with one attached hydrogen (secondary N) is 2. The topological polar surface area (TPSA) is 101 Å². The molecule has 0 radical (unpaired) electrons. The Hall–Kier alpha value is -2.19. The minimum atomic E-state index is -3.62. The lowest BCUT2D eigenvalue weighted by Gasteiger charge is -2.08. The minimum absolute atomic E-state index is 0.0533. The Bertz CT molecular complexity index is 784. The number of rotatable bonds is 7. The van der Waals surface area contributed by atoms with E-state index in [9.17, 15) is 13.2 Å². The number of aromatic nitrogens is 1. The van der Waals surface area contributed by atoms with E-state index in [0.29, 0.717) is 12.3 Å². The molecule has 7 nitrogen and oxygen atoms in total. The van der Waals surface area contributed by atoms with Gasteiger partial charge in [0.05, 0.1) is 4.90 Å². The van der Waals surface area contributed by atoms with Crippen LogP contribution < -0.4 is 10.0 Å². The molecule has 8 heteroatoms. The summed E-state index contributed by atoms with van der Waals surface area (Å²) < 4.78 is 31.7. The van der Waals surface area contributed by atoms with Gasteiger partial charge < -0.3 is 9.84 Å². The zero-order chi connectivity index (χ0) is 16.9. The van der Waals surface area contributed by atoms with Gasteiger partial charge in [-0.2, -0.15) is 0 Å². The largest absolute Gasteiger partial charge is 0.360 e. The van der Waals surface area contributed by atoms with Gasteiger partial charge in [0.2, 0.25) is 10.0 Å². The van der Waals surface area contributed by atoms with Gasteiger partial charge in [-0.3, -0.25) is 4.79 Å². The fraction of sp³-hybridized carbons (Fsp3) is 0.333. The highest BCUT2D eigenvalue weighted by Gasteiger charge is 2.16. The van der Waals surface area contributed by atoms with E-state index in [2.05, 4.69) is 15.2 Å². The van der Waals surface area contributed by atoms with Gasteiger partial charge in [-0.15, -0.1) is 0 Å². The molecule has 2 N–H and O–H groups in total. The van der Waals surface area contributed by atoms with Crippen LogP contribution in [0.5, 0.6) is 0 Å². The van der Waals surface area contributed by atoms with Crippen LogP contribution in [0, 0.1) is 6.92 Å². The van der Waals surface area contributed by atoms with Crippen LogP contribution in [0.4, 0.5) is 5.82 Å². The molecule has 0 saturated heterocycles. The highest BCUT2D eigenvalue weighted by Crippen LogP contribution is 2.14. The SMILES string of the molecule is CCCCNS(=O)(=O)c1cccc(C(=O)Nc2cc(C)on2)c1. The van der Waals surface area contributed by atoms with E-state index < -0.39 is 15.9 Å². The summed E-state index contributed by atoms with van der Waals surface area (Å²) in [6.45, 7) is 4.05. The molecule has 1 heterocycles. The van der Waals surface area contributed by atoms with Gasteiger partial charge in [0, 0.05) is 18.2 Å². The molecule has 2 rings (SSSR count). The van der Waals surface area contributed by atoms with Crippen molar-refractivity contribution in [2.24, 2.45) is 0 Å². The number of hydrogen-bond acceptors (Lipinski definition) is 5. The van der Waals surface area contributed by atoms with E-state index in [4.69, 9.17) is 4.52 Å². The maximum atomic E-state index is 12.2. The van der Waals surface area contributed by atoms with Gasteiger partial charge in [-0.25, -0.2) is 13.1 Å². The van der Waals surface area contributed by atoms with E-state index in [1.807, 2.05) is 6.92 Å². The maximum Gasteiger partial charge on any atom is 0.256 e. The molecule has 0 saturated carbocycles. The number of carbonyl (C=O) groups excluding carboxylic acids is 1. The first-order chi connectivity index (χ1) is 10.9. The Morgan fingerprint density at radius 2 is 2.09 bits per heavy atom. The van der Waals surface area contributed by atoms with Crippen LogP contribution >= 0.6 is 0 Å². The van der Waals surface area contributed by atoms with Crippen molar-refractivity contribution >= 4 is 21.7 Å². The summed E-state index contributed by atoms with van der Waals surface area (Å²) >= 11 is 0. The molecule has 0 aliphatic rings. The molecule has 124 valence electrons. The summed E-state index contributed by atoms with van der Waals surface area (Å²) in [5.74, 6) is 0.391. The third-order valence-corrected chi connectivity index (χ3v) is 4.56. The Morgan fingerprint density at radius 1 is 1.30 bits per heavy atom. The lowest BCUT2D eigenvalue weighted by Crippen LogP contribution is -2.25. The first kappa shape index (κ1) is 17.2. The summed E-state index contributed by atoms with van der Waals surface area (Å²) in [6, 6.07) is 7.41. The smallest absolute Gasteiger partial charge is 0.256 e. The first-order valence-electron chi connectivity index (χ1n) is 7.27. The van der Waals surface area contributed by atoms with Crippen molar-refractivity contribution in [2.75, 3.05) is 11.9 Å². The van der Waals surface area contributed by atoms with Gasteiger partial charge in [-0.1, -0.05) is 24.6 Å². The summed E-state index contributed by atoms with van der Waals surface area (Å²) in [7, 11) is -3.62. The molecule has 2 aromatic rings. The average molecular weight is 337 g/mol. The number of amides is 1. The van der Waals surface area contributed by atoms with Gasteiger partial charge >= 0.3 is 0 Å². The number of hydrogen-bond donors (Lipinski definition) is 2. The predicted molar refractivity (Wildman–Crippen MR) is 85.7 cm³/mol. The van der Waals surface area contributed by atoms with E-state index >= 15 is 0 Å². The molecular weight excluding hydrogens is 318 g/mol. The Labute approximate surface area is 135 Å². The second-order valence-electron chi connectivity index (χ2n) is 5.06. The first-order valence-corrected chi connectivity index (χ1v) is 8.75. The van der Waals surface area contributed by atoms with Crippen molar-refractivity contribution in [1.29, 1.82) is 0 Å². The van der Waals surface area contributed by atoms with Crippen LogP contribution in [0.15, 0.2) is 39.8 Å². The van der Waals surface area contributed by atoms with Crippen LogP contribution in [-0.2, 0) is 10.0 Å². The van der Waals surface area contributed by atoms with E-state index in [0.717, 1.165) is 12.8 Å². The molecule has 0 spiro atoms. The second-order valence-corrected chi connectivity index (χ2v) is 6.82. The normalized spacial score (nSPS) is 11.4. The molecule has 0 aliphatic heterocycles. The third kappa shape index (κ3) is 4.64. The van der Waals surface area contributed by atoms with Gasteiger partial charge in [-0.05, 0) is 31.5 Å². The molecule has 0 fully saturated rings. The fourth-order valence-corrected chi connectivity index (χ4v) is 3.00. The van der Waals surface area contributed by atoms with Crippen molar-refractivity contribution in [2.45, 2.75) is 31.6 Å².